The number of hydrogen-bond acceptors (Lipinski definition) is 2. The average molecular weight is 246 g/mol. The number of nitrogens with one attached hydrogen (secondary N) is 1. The third kappa shape index (κ3) is 3.26. The van der Waals surface area contributed by atoms with E-state index in [1.54, 1.807) is 0 Å². The molecule has 1 saturated heterocycles. The summed E-state index contributed by atoms with van der Waals surface area (Å²) < 4.78 is 0. The lowest BCUT2D eigenvalue weighted by Gasteiger charge is -2.36. The molecule has 1 fully saturated rings. The lowest BCUT2D eigenvalue weighted by atomic mass is 10.0. The van der Waals surface area contributed by atoms with Gasteiger partial charge in [0.2, 0.25) is 0 Å². The van der Waals surface area contributed by atoms with E-state index in [1.165, 1.54) is 36.9 Å². The molecular weight excluding hydrogens is 220 g/mol. The zero-order valence-corrected chi connectivity index (χ0v) is 11.8. The van der Waals surface area contributed by atoms with Crippen molar-refractivity contribution in [2.45, 2.75) is 45.6 Å². The fourth-order valence-electron chi connectivity index (χ4n) is 2.89. The van der Waals surface area contributed by atoms with Gasteiger partial charge in [0.1, 0.15) is 0 Å². The second-order valence-electron chi connectivity index (χ2n) is 5.26. The summed E-state index contributed by atoms with van der Waals surface area (Å²) in [6, 6.07) is 9.58. The van der Waals surface area contributed by atoms with E-state index in [4.69, 9.17) is 0 Å². The Kier molecular flexibility index (Phi) is 5.06. The summed E-state index contributed by atoms with van der Waals surface area (Å²) in [7, 11) is 0. The molecule has 1 N–H and O–H groups in total. The van der Waals surface area contributed by atoms with Crippen molar-refractivity contribution in [3.63, 3.8) is 0 Å². The first-order valence-corrected chi connectivity index (χ1v) is 7.41. The van der Waals surface area contributed by atoms with Crippen LogP contribution in [0, 0.1) is 0 Å². The van der Waals surface area contributed by atoms with Gasteiger partial charge in [0.15, 0.2) is 0 Å². The van der Waals surface area contributed by atoms with E-state index in [0.29, 0.717) is 6.04 Å². The molecule has 1 aromatic carbocycles. The van der Waals surface area contributed by atoms with E-state index >= 15 is 0 Å². The quantitative estimate of drug-likeness (QED) is 0.858. The van der Waals surface area contributed by atoms with Crippen molar-refractivity contribution >= 4 is 5.69 Å². The fraction of sp³-hybridized carbons (Fsp3) is 0.625. The lowest BCUT2D eigenvalue weighted by molar-refractivity contribution is 0.430. The van der Waals surface area contributed by atoms with Crippen molar-refractivity contribution in [3.05, 3.63) is 29.8 Å². The predicted molar refractivity (Wildman–Crippen MR) is 79.3 cm³/mol. The molecule has 1 aromatic rings. The largest absolute Gasteiger partial charge is 0.368 e. The van der Waals surface area contributed by atoms with Crippen LogP contribution in [-0.2, 0) is 6.42 Å². The normalized spacial score (nSPS) is 20.1. The van der Waals surface area contributed by atoms with Crippen LogP contribution in [0.5, 0.6) is 0 Å². The number of rotatable bonds is 5. The van der Waals surface area contributed by atoms with Crippen molar-refractivity contribution in [2.75, 3.05) is 24.5 Å². The number of piperazine rings is 1. The minimum absolute atomic E-state index is 0.665. The van der Waals surface area contributed by atoms with Gasteiger partial charge in [-0.05, 0) is 24.5 Å². The second kappa shape index (κ2) is 6.79. The Hall–Kier alpha value is -1.02. The van der Waals surface area contributed by atoms with E-state index in [0.717, 1.165) is 19.6 Å². The van der Waals surface area contributed by atoms with Crippen LogP contribution < -0.4 is 10.2 Å². The number of hydrogen-bond donors (Lipinski definition) is 1. The van der Waals surface area contributed by atoms with Crippen LogP contribution in [0.15, 0.2) is 24.3 Å². The summed E-state index contributed by atoms with van der Waals surface area (Å²) >= 11 is 0. The summed E-state index contributed by atoms with van der Waals surface area (Å²) in [5.41, 5.74) is 2.97. The molecule has 100 valence electrons. The molecule has 0 amide bonds. The number of nitrogens with zero attached hydrogens (tertiary/aromatic N) is 1. The van der Waals surface area contributed by atoms with Gasteiger partial charge in [-0.15, -0.1) is 0 Å². The summed E-state index contributed by atoms with van der Waals surface area (Å²) in [4.78, 5) is 2.57. The van der Waals surface area contributed by atoms with Crippen molar-refractivity contribution < 1.29 is 0 Å². The van der Waals surface area contributed by atoms with Crippen LogP contribution in [0.2, 0.25) is 0 Å². The van der Waals surface area contributed by atoms with Crippen LogP contribution in [0.25, 0.3) is 0 Å². The van der Waals surface area contributed by atoms with Crippen LogP contribution in [-0.4, -0.2) is 25.7 Å². The lowest BCUT2D eigenvalue weighted by Crippen LogP contribution is -2.50. The van der Waals surface area contributed by atoms with E-state index in [1.807, 2.05) is 0 Å². The minimum Gasteiger partial charge on any atom is -0.368 e. The third-order valence-corrected chi connectivity index (χ3v) is 3.74. The smallest absolute Gasteiger partial charge is 0.0399 e. The number of anilines is 1. The van der Waals surface area contributed by atoms with E-state index < -0.39 is 0 Å². The Balaban J connectivity index is 2.10. The zero-order chi connectivity index (χ0) is 12.8. The first-order chi connectivity index (χ1) is 8.85. The zero-order valence-electron chi connectivity index (χ0n) is 11.8. The molecule has 1 aliphatic heterocycles. The van der Waals surface area contributed by atoms with Crippen molar-refractivity contribution in [2.24, 2.45) is 0 Å². The molecule has 18 heavy (non-hydrogen) atoms. The van der Waals surface area contributed by atoms with Crippen molar-refractivity contribution in [1.29, 1.82) is 0 Å². The SMILES string of the molecule is CCCc1ccccc1N1CCNC(CCC)C1. The molecule has 1 atom stereocenters. The van der Waals surface area contributed by atoms with Gasteiger partial charge < -0.3 is 10.2 Å². The molecule has 0 spiro atoms. The highest BCUT2D eigenvalue weighted by Gasteiger charge is 2.20. The molecule has 2 heteroatoms. The highest BCUT2D eigenvalue weighted by Crippen LogP contribution is 2.23. The molecule has 0 saturated carbocycles. The van der Waals surface area contributed by atoms with Gasteiger partial charge in [0.25, 0.3) is 0 Å². The van der Waals surface area contributed by atoms with E-state index in [-0.39, 0.29) is 0 Å². The Morgan fingerprint density at radius 1 is 1.22 bits per heavy atom. The number of benzene rings is 1. The Morgan fingerprint density at radius 2 is 2.06 bits per heavy atom. The fourth-order valence-corrected chi connectivity index (χ4v) is 2.89. The first kappa shape index (κ1) is 13.4. The Labute approximate surface area is 111 Å². The van der Waals surface area contributed by atoms with E-state index in [2.05, 4.69) is 48.3 Å². The first-order valence-electron chi connectivity index (χ1n) is 7.41. The predicted octanol–water partition coefficient (Wildman–Crippen LogP) is 3.22. The highest BCUT2D eigenvalue weighted by atomic mass is 15.2. The second-order valence-corrected chi connectivity index (χ2v) is 5.26. The maximum atomic E-state index is 3.63. The van der Waals surface area contributed by atoms with Crippen LogP contribution in [0.3, 0.4) is 0 Å². The standard InChI is InChI=1S/C16H26N2/c1-3-7-14-9-5-6-10-16(14)18-12-11-17-15(13-18)8-4-2/h5-6,9-10,15,17H,3-4,7-8,11-13H2,1-2H3. The van der Waals surface area contributed by atoms with Crippen LogP contribution in [0.1, 0.15) is 38.7 Å². The summed E-state index contributed by atoms with van der Waals surface area (Å²) in [5.74, 6) is 0. The summed E-state index contributed by atoms with van der Waals surface area (Å²) in [6.07, 6.45) is 4.97. The average Bonchev–Trinajstić information content (AvgIpc) is 2.40. The van der Waals surface area contributed by atoms with Crippen molar-refractivity contribution in [1.82, 2.24) is 5.32 Å². The molecule has 1 unspecified atom stereocenters. The van der Waals surface area contributed by atoms with Crippen LogP contribution >= 0.6 is 0 Å². The van der Waals surface area contributed by atoms with Crippen molar-refractivity contribution in [3.8, 4) is 0 Å². The molecule has 2 rings (SSSR count). The third-order valence-electron chi connectivity index (χ3n) is 3.74. The highest BCUT2D eigenvalue weighted by molar-refractivity contribution is 5.54. The molecule has 0 bridgehead atoms. The summed E-state index contributed by atoms with van der Waals surface area (Å²) in [5, 5.41) is 3.63. The molecule has 0 radical (unpaired) electrons. The Morgan fingerprint density at radius 3 is 2.83 bits per heavy atom. The van der Waals surface area contributed by atoms with Gasteiger partial charge in [-0.2, -0.15) is 0 Å². The molecule has 2 nitrogen and oxygen atoms in total. The summed E-state index contributed by atoms with van der Waals surface area (Å²) in [6.45, 7) is 7.95. The number of para-hydroxylation sites is 1. The topological polar surface area (TPSA) is 15.3 Å². The van der Waals surface area contributed by atoms with Gasteiger partial charge in [-0.3, -0.25) is 0 Å². The minimum atomic E-state index is 0.665. The maximum Gasteiger partial charge on any atom is 0.0399 e. The van der Waals surface area contributed by atoms with Gasteiger partial charge in [-0.1, -0.05) is 44.9 Å². The molecular formula is C16H26N2. The van der Waals surface area contributed by atoms with Gasteiger partial charge >= 0.3 is 0 Å². The Bertz CT molecular complexity index is 360. The van der Waals surface area contributed by atoms with Gasteiger partial charge in [0, 0.05) is 31.4 Å². The van der Waals surface area contributed by atoms with Gasteiger partial charge in [0.05, 0.1) is 0 Å². The van der Waals surface area contributed by atoms with E-state index in [9.17, 15) is 0 Å². The molecule has 1 aliphatic rings. The molecule has 0 aliphatic carbocycles. The van der Waals surface area contributed by atoms with Crippen LogP contribution in [0.4, 0.5) is 5.69 Å². The molecule has 1 heterocycles. The number of aryl methyl sites for hydroxylation is 1. The maximum absolute atomic E-state index is 3.63. The molecule has 0 aromatic heterocycles. The van der Waals surface area contributed by atoms with Gasteiger partial charge in [-0.25, -0.2) is 0 Å². The monoisotopic (exact) mass is 246 g/mol.